The summed E-state index contributed by atoms with van der Waals surface area (Å²) in [7, 11) is 0. The largest absolute Gasteiger partial charge is 0.395 e. The first kappa shape index (κ1) is 16.3. The molecule has 0 bridgehead atoms. The summed E-state index contributed by atoms with van der Waals surface area (Å²) in [6.45, 7) is 4.64. The number of aliphatic hydroxyl groups excluding tert-OH is 1. The van der Waals surface area contributed by atoms with Gasteiger partial charge in [0.1, 0.15) is 0 Å². The molecule has 0 atom stereocenters. The number of nitrogens with one attached hydrogen (secondary N) is 1. The van der Waals surface area contributed by atoms with Crippen molar-refractivity contribution in [3.8, 4) is 0 Å². The molecule has 1 aliphatic rings. The summed E-state index contributed by atoms with van der Waals surface area (Å²) in [5.74, 6) is 0. The van der Waals surface area contributed by atoms with Crippen LogP contribution in [-0.2, 0) is 6.42 Å². The molecule has 6 heteroatoms. The fourth-order valence-electron chi connectivity index (χ4n) is 2.39. The van der Waals surface area contributed by atoms with Gasteiger partial charge in [-0.15, -0.1) is 0 Å². The Morgan fingerprint density at radius 2 is 1.86 bits per heavy atom. The SMILES string of the molecule is O=C(NCCc1ccc(Br)cc1)N1CCN(CCO)CC1. The van der Waals surface area contributed by atoms with Gasteiger partial charge < -0.3 is 15.3 Å². The predicted molar refractivity (Wildman–Crippen MR) is 86.3 cm³/mol. The summed E-state index contributed by atoms with van der Waals surface area (Å²) in [4.78, 5) is 16.1. The highest BCUT2D eigenvalue weighted by atomic mass is 79.9. The predicted octanol–water partition coefficient (Wildman–Crippen LogP) is 1.31. The molecular formula is C15H22BrN3O2. The van der Waals surface area contributed by atoms with Gasteiger partial charge in [-0.2, -0.15) is 0 Å². The van der Waals surface area contributed by atoms with Crippen LogP contribution in [0, 0.1) is 0 Å². The number of hydrogen-bond acceptors (Lipinski definition) is 3. The van der Waals surface area contributed by atoms with Crippen LogP contribution >= 0.6 is 15.9 Å². The molecule has 1 aliphatic heterocycles. The highest BCUT2D eigenvalue weighted by Gasteiger charge is 2.20. The zero-order valence-electron chi connectivity index (χ0n) is 12.1. The molecule has 0 radical (unpaired) electrons. The number of aliphatic hydroxyl groups is 1. The fourth-order valence-corrected chi connectivity index (χ4v) is 2.66. The Balaban J connectivity index is 1.67. The van der Waals surface area contributed by atoms with E-state index in [9.17, 15) is 4.79 Å². The summed E-state index contributed by atoms with van der Waals surface area (Å²) in [6.07, 6.45) is 0.837. The minimum atomic E-state index is 0.00996. The highest BCUT2D eigenvalue weighted by Crippen LogP contribution is 2.10. The van der Waals surface area contributed by atoms with Crippen molar-refractivity contribution in [3.05, 3.63) is 34.3 Å². The first-order valence-corrected chi connectivity index (χ1v) is 8.09. The summed E-state index contributed by atoms with van der Waals surface area (Å²) >= 11 is 3.41. The number of carbonyl (C=O) groups is 1. The molecule has 2 rings (SSSR count). The summed E-state index contributed by atoms with van der Waals surface area (Å²) in [5, 5.41) is 11.9. The van der Waals surface area contributed by atoms with Gasteiger partial charge in [0.2, 0.25) is 0 Å². The molecule has 1 fully saturated rings. The number of carbonyl (C=O) groups excluding carboxylic acids is 1. The van der Waals surface area contributed by atoms with Crippen molar-refractivity contribution >= 4 is 22.0 Å². The summed E-state index contributed by atoms with van der Waals surface area (Å²) < 4.78 is 1.07. The minimum absolute atomic E-state index is 0.00996. The molecule has 0 saturated carbocycles. The third-order valence-electron chi connectivity index (χ3n) is 3.68. The maximum atomic E-state index is 12.0. The molecule has 0 unspecified atom stereocenters. The molecule has 0 aromatic heterocycles. The first-order chi connectivity index (χ1) is 10.2. The second-order valence-corrected chi connectivity index (χ2v) is 6.08. The van der Waals surface area contributed by atoms with Crippen LogP contribution in [-0.4, -0.2) is 66.8 Å². The number of rotatable bonds is 5. The molecule has 21 heavy (non-hydrogen) atoms. The Morgan fingerprint density at radius 3 is 2.48 bits per heavy atom. The standard InChI is InChI=1S/C15H22BrN3O2/c16-14-3-1-13(2-4-14)5-6-17-15(21)19-9-7-18(8-10-19)11-12-20/h1-4,20H,5-12H2,(H,17,21). The second kappa shape index (κ2) is 8.36. The molecule has 5 nitrogen and oxygen atoms in total. The number of piperazine rings is 1. The Labute approximate surface area is 134 Å². The van der Waals surface area contributed by atoms with E-state index in [0.29, 0.717) is 13.1 Å². The average Bonchev–Trinajstić information content (AvgIpc) is 2.50. The average molecular weight is 356 g/mol. The maximum Gasteiger partial charge on any atom is 0.317 e. The van der Waals surface area contributed by atoms with E-state index in [1.165, 1.54) is 5.56 Å². The van der Waals surface area contributed by atoms with Crippen LogP contribution in [0.1, 0.15) is 5.56 Å². The molecule has 2 amide bonds. The molecule has 0 spiro atoms. The van der Waals surface area contributed by atoms with Gasteiger partial charge in [0.15, 0.2) is 0 Å². The lowest BCUT2D eigenvalue weighted by atomic mass is 10.1. The quantitative estimate of drug-likeness (QED) is 0.837. The van der Waals surface area contributed by atoms with Gasteiger partial charge in [0, 0.05) is 43.7 Å². The van der Waals surface area contributed by atoms with Crippen molar-refractivity contribution in [2.75, 3.05) is 45.9 Å². The van der Waals surface area contributed by atoms with E-state index in [0.717, 1.165) is 37.1 Å². The lowest BCUT2D eigenvalue weighted by molar-refractivity contribution is 0.122. The number of halogens is 1. The molecule has 1 aromatic carbocycles. The van der Waals surface area contributed by atoms with Gasteiger partial charge in [-0.25, -0.2) is 4.79 Å². The van der Waals surface area contributed by atoms with Crippen LogP contribution in [0.4, 0.5) is 4.79 Å². The van der Waals surface area contributed by atoms with Crippen molar-refractivity contribution in [1.82, 2.24) is 15.1 Å². The van der Waals surface area contributed by atoms with E-state index in [1.807, 2.05) is 17.0 Å². The summed E-state index contributed by atoms with van der Waals surface area (Å²) in [5.41, 5.74) is 1.21. The minimum Gasteiger partial charge on any atom is -0.395 e. The summed E-state index contributed by atoms with van der Waals surface area (Å²) in [6, 6.07) is 8.15. The van der Waals surface area contributed by atoms with Crippen LogP contribution in [0.25, 0.3) is 0 Å². The Hall–Kier alpha value is -1.11. The topological polar surface area (TPSA) is 55.8 Å². The normalized spacial score (nSPS) is 16.0. The van der Waals surface area contributed by atoms with Crippen LogP contribution in [0.2, 0.25) is 0 Å². The molecule has 2 N–H and O–H groups in total. The maximum absolute atomic E-state index is 12.0. The number of nitrogens with zero attached hydrogens (tertiary/aromatic N) is 2. The number of urea groups is 1. The Morgan fingerprint density at radius 1 is 1.19 bits per heavy atom. The van der Waals surface area contributed by atoms with Crippen molar-refractivity contribution in [1.29, 1.82) is 0 Å². The van der Waals surface area contributed by atoms with Gasteiger partial charge >= 0.3 is 6.03 Å². The van der Waals surface area contributed by atoms with Crippen LogP contribution in [0.15, 0.2) is 28.7 Å². The van der Waals surface area contributed by atoms with Gasteiger partial charge in [-0.1, -0.05) is 28.1 Å². The molecule has 0 aliphatic carbocycles. The smallest absolute Gasteiger partial charge is 0.317 e. The Kier molecular flexibility index (Phi) is 6.48. The second-order valence-electron chi connectivity index (χ2n) is 5.16. The van der Waals surface area contributed by atoms with Gasteiger partial charge in [-0.05, 0) is 24.1 Å². The van der Waals surface area contributed by atoms with E-state index in [1.54, 1.807) is 0 Å². The van der Waals surface area contributed by atoms with Crippen molar-refractivity contribution in [2.24, 2.45) is 0 Å². The van der Waals surface area contributed by atoms with E-state index >= 15 is 0 Å². The third-order valence-corrected chi connectivity index (χ3v) is 4.21. The molecule has 116 valence electrons. The highest BCUT2D eigenvalue weighted by molar-refractivity contribution is 9.10. The van der Waals surface area contributed by atoms with Crippen molar-refractivity contribution < 1.29 is 9.90 Å². The zero-order chi connectivity index (χ0) is 15.1. The van der Waals surface area contributed by atoms with Crippen LogP contribution in [0.3, 0.4) is 0 Å². The lowest BCUT2D eigenvalue weighted by Crippen LogP contribution is -2.52. The lowest BCUT2D eigenvalue weighted by Gasteiger charge is -2.34. The monoisotopic (exact) mass is 355 g/mol. The molecular weight excluding hydrogens is 334 g/mol. The molecule has 1 heterocycles. The molecule has 1 saturated heterocycles. The van der Waals surface area contributed by atoms with E-state index in [2.05, 4.69) is 38.3 Å². The van der Waals surface area contributed by atoms with Crippen molar-refractivity contribution in [2.45, 2.75) is 6.42 Å². The van der Waals surface area contributed by atoms with Crippen LogP contribution < -0.4 is 5.32 Å². The van der Waals surface area contributed by atoms with Gasteiger partial charge in [0.25, 0.3) is 0 Å². The number of amides is 2. The fraction of sp³-hybridized carbons (Fsp3) is 0.533. The number of hydrogen-bond donors (Lipinski definition) is 2. The number of β-amino-alcohol motifs (C(OH)–C–C–N with tert-alkyl or cyclic N) is 1. The van der Waals surface area contributed by atoms with Crippen LogP contribution in [0.5, 0.6) is 0 Å². The zero-order valence-corrected chi connectivity index (χ0v) is 13.7. The van der Waals surface area contributed by atoms with E-state index in [4.69, 9.17) is 5.11 Å². The van der Waals surface area contributed by atoms with Crippen molar-refractivity contribution in [3.63, 3.8) is 0 Å². The van der Waals surface area contributed by atoms with E-state index < -0.39 is 0 Å². The van der Waals surface area contributed by atoms with E-state index in [-0.39, 0.29) is 12.6 Å². The third kappa shape index (κ3) is 5.30. The van der Waals surface area contributed by atoms with Gasteiger partial charge in [0.05, 0.1) is 6.61 Å². The molecule has 1 aromatic rings. The Bertz CT molecular complexity index is 445. The van der Waals surface area contributed by atoms with Gasteiger partial charge in [-0.3, -0.25) is 4.90 Å². The first-order valence-electron chi connectivity index (χ1n) is 7.29. The number of benzene rings is 1.